The summed E-state index contributed by atoms with van der Waals surface area (Å²) in [5.41, 5.74) is 1.44. The van der Waals surface area contributed by atoms with Crippen LogP contribution < -0.4 is 5.56 Å². The third-order valence-electron chi connectivity index (χ3n) is 3.58. The number of hydrogen-bond acceptors (Lipinski definition) is 5. The molecule has 0 spiro atoms. The van der Waals surface area contributed by atoms with E-state index in [1.807, 2.05) is 0 Å². The molecule has 1 aromatic heterocycles. The highest BCUT2D eigenvalue weighted by atomic mass is 35.5. The van der Waals surface area contributed by atoms with Gasteiger partial charge < -0.3 is 0 Å². The Morgan fingerprint density at radius 2 is 2.13 bits per heavy atom. The number of fused-ring (bicyclic) bond motifs is 1. The molecule has 1 aliphatic rings. The standard InChI is InChI=1S/C16H15ClN2O2S2/c1-9-7-12-14(23-9)15(21)19(2)16(18-12)22-8-13(20)10-3-5-11(17)6-4-10/h3-6,9H,7-8H2,1-2H3. The van der Waals surface area contributed by atoms with Gasteiger partial charge in [-0.3, -0.25) is 14.2 Å². The number of aromatic nitrogens is 2. The van der Waals surface area contributed by atoms with Gasteiger partial charge in [0.1, 0.15) is 0 Å². The smallest absolute Gasteiger partial charge is 0.267 e. The molecule has 0 saturated carbocycles. The number of ketones is 1. The molecule has 120 valence electrons. The monoisotopic (exact) mass is 366 g/mol. The van der Waals surface area contributed by atoms with Gasteiger partial charge in [-0.05, 0) is 24.3 Å². The maximum Gasteiger partial charge on any atom is 0.267 e. The first-order valence-corrected chi connectivity index (χ1v) is 9.38. The van der Waals surface area contributed by atoms with Crippen LogP contribution in [0.5, 0.6) is 0 Å². The van der Waals surface area contributed by atoms with Crippen LogP contribution in [-0.4, -0.2) is 26.3 Å². The second kappa shape index (κ2) is 6.71. The number of halogens is 1. The van der Waals surface area contributed by atoms with Crippen LogP contribution in [0.4, 0.5) is 0 Å². The lowest BCUT2D eigenvalue weighted by Gasteiger charge is -2.08. The Balaban J connectivity index is 1.78. The average molecular weight is 367 g/mol. The molecular weight excluding hydrogens is 352 g/mol. The second-order valence-electron chi connectivity index (χ2n) is 5.39. The number of benzene rings is 1. The molecule has 0 radical (unpaired) electrons. The quantitative estimate of drug-likeness (QED) is 0.471. The average Bonchev–Trinajstić information content (AvgIpc) is 2.90. The van der Waals surface area contributed by atoms with Crippen LogP contribution in [0.15, 0.2) is 39.1 Å². The minimum Gasteiger partial charge on any atom is -0.293 e. The van der Waals surface area contributed by atoms with E-state index >= 15 is 0 Å². The number of hydrogen-bond donors (Lipinski definition) is 0. The summed E-state index contributed by atoms with van der Waals surface area (Å²) in [5, 5.41) is 1.57. The molecule has 0 saturated heterocycles. The normalized spacial score (nSPS) is 16.4. The van der Waals surface area contributed by atoms with E-state index in [4.69, 9.17) is 11.6 Å². The van der Waals surface area contributed by atoms with E-state index in [-0.39, 0.29) is 17.1 Å². The van der Waals surface area contributed by atoms with Crippen LogP contribution in [0.25, 0.3) is 0 Å². The summed E-state index contributed by atoms with van der Waals surface area (Å²) in [5.74, 6) is 0.229. The van der Waals surface area contributed by atoms with E-state index < -0.39 is 0 Å². The Morgan fingerprint density at radius 1 is 1.43 bits per heavy atom. The molecule has 2 aromatic rings. The van der Waals surface area contributed by atoms with Crippen molar-refractivity contribution in [1.29, 1.82) is 0 Å². The Hall–Kier alpha value is -1.24. The van der Waals surface area contributed by atoms with Crippen molar-refractivity contribution in [3.63, 3.8) is 0 Å². The van der Waals surface area contributed by atoms with E-state index in [0.29, 0.717) is 21.0 Å². The predicted molar refractivity (Wildman–Crippen MR) is 95.0 cm³/mol. The first kappa shape index (κ1) is 16.6. The SMILES string of the molecule is CC1Cc2nc(SCC(=O)c3ccc(Cl)cc3)n(C)c(=O)c2S1. The van der Waals surface area contributed by atoms with Gasteiger partial charge in [0.25, 0.3) is 5.56 Å². The zero-order valence-corrected chi connectivity index (χ0v) is 15.1. The van der Waals surface area contributed by atoms with Gasteiger partial charge in [0.05, 0.1) is 16.3 Å². The topological polar surface area (TPSA) is 52.0 Å². The molecule has 23 heavy (non-hydrogen) atoms. The Morgan fingerprint density at radius 3 is 2.83 bits per heavy atom. The van der Waals surface area contributed by atoms with E-state index in [9.17, 15) is 9.59 Å². The van der Waals surface area contributed by atoms with E-state index in [0.717, 1.165) is 17.0 Å². The maximum atomic E-state index is 12.4. The molecule has 1 atom stereocenters. The summed E-state index contributed by atoms with van der Waals surface area (Å²) in [7, 11) is 1.70. The molecular formula is C16H15ClN2O2S2. The van der Waals surface area contributed by atoms with Crippen molar-refractivity contribution in [3.05, 3.63) is 50.9 Å². The number of Topliss-reactive ketones (excluding diaryl/α,β-unsaturated/α-hetero) is 1. The molecule has 4 nitrogen and oxygen atoms in total. The third-order valence-corrected chi connectivity index (χ3v) is 6.07. The molecule has 3 rings (SSSR count). The lowest BCUT2D eigenvalue weighted by Crippen LogP contribution is -2.22. The van der Waals surface area contributed by atoms with Gasteiger partial charge >= 0.3 is 0 Å². The minimum atomic E-state index is -0.0224. The fraction of sp³-hybridized carbons (Fsp3) is 0.312. The molecule has 7 heteroatoms. The summed E-state index contributed by atoms with van der Waals surface area (Å²) in [6, 6.07) is 6.81. The van der Waals surface area contributed by atoms with Crippen molar-refractivity contribution in [1.82, 2.24) is 9.55 Å². The third kappa shape index (κ3) is 3.49. The molecule has 0 fully saturated rings. The lowest BCUT2D eigenvalue weighted by atomic mass is 10.1. The Bertz CT molecular complexity index is 818. The zero-order valence-electron chi connectivity index (χ0n) is 12.7. The number of carbonyl (C=O) groups is 1. The minimum absolute atomic E-state index is 0.0100. The number of nitrogens with zero attached hydrogens (tertiary/aromatic N) is 2. The summed E-state index contributed by atoms with van der Waals surface area (Å²) in [4.78, 5) is 29.9. The molecule has 1 aliphatic heterocycles. The Kier molecular flexibility index (Phi) is 4.85. The van der Waals surface area contributed by atoms with Crippen molar-refractivity contribution in [2.45, 2.75) is 28.6 Å². The second-order valence-corrected chi connectivity index (χ2v) is 8.21. The highest BCUT2D eigenvalue weighted by Crippen LogP contribution is 2.34. The summed E-state index contributed by atoms with van der Waals surface area (Å²) in [6.07, 6.45) is 0.800. The fourth-order valence-electron chi connectivity index (χ4n) is 2.35. The van der Waals surface area contributed by atoms with Gasteiger partial charge in [0.15, 0.2) is 10.9 Å². The number of thioether (sulfide) groups is 2. The van der Waals surface area contributed by atoms with Crippen LogP contribution >= 0.6 is 35.1 Å². The van der Waals surface area contributed by atoms with Crippen molar-refractivity contribution in [2.75, 3.05) is 5.75 Å². The first-order valence-electron chi connectivity index (χ1n) is 7.14. The molecule has 2 heterocycles. The van der Waals surface area contributed by atoms with Gasteiger partial charge in [0, 0.05) is 29.3 Å². The largest absolute Gasteiger partial charge is 0.293 e. The first-order chi connectivity index (χ1) is 11.0. The van der Waals surface area contributed by atoms with Gasteiger partial charge in [-0.2, -0.15) is 0 Å². The van der Waals surface area contributed by atoms with Crippen molar-refractivity contribution < 1.29 is 4.79 Å². The van der Waals surface area contributed by atoms with Crippen molar-refractivity contribution >= 4 is 40.9 Å². The van der Waals surface area contributed by atoms with Crippen LogP contribution in [0.2, 0.25) is 5.02 Å². The van der Waals surface area contributed by atoms with E-state index in [2.05, 4.69) is 11.9 Å². The van der Waals surface area contributed by atoms with E-state index in [1.54, 1.807) is 43.1 Å². The van der Waals surface area contributed by atoms with Crippen molar-refractivity contribution in [3.8, 4) is 0 Å². The van der Waals surface area contributed by atoms with Crippen LogP contribution in [0.3, 0.4) is 0 Å². The van der Waals surface area contributed by atoms with Crippen molar-refractivity contribution in [2.24, 2.45) is 7.05 Å². The summed E-state index contributed by atoms with van der Waals surface area (Å²) >= 11 is 8.70. The summed E-state index contributed by atoms with van der Waals surface area (Å²) in [6.45, 7) is 2.09. The highest BCUT2D eigenvalue weighted by Gasteiger charge is 2.25. The lowest BCUT2D eigenvalue weighted by molar-refractivity contribution is 0.102. The van der Waals surface area contributed by atoms with E-state index in [1.165, 1.54) is 16.3 Å². The highest BCUT2D eigenvalue weighted by molar-refractivity contribution is 8.00. The van der Waals surface area contributed by atoms with Crippen LogP contribution in [0, 0.1) is 0 Å². The molecule has 0 bridgehead atoms. The molecule has 0 aliphatic carbocycles. The van der Waals surface area contributed by atoms with Gasteiger partial charge in [-0.1, -0.05) is 30.3 Å². The van der Waals surface area contributed by atoms with Crippen LogP contribution in [0.1, 0.15) is 23.0 Å². The molecule has 0 amide bonds. The summed E-state index contributed by atoms with van der Waals surface area (Å²) < 4.78 is 1.53. The zero-order chi connectivity index (χ0) is 16.6. The number of rotatable bonds is 4. The van der Waals surface area contributed by atoms with Gasteiger partial charge in [0.2, 0.25) is 0 Å². The maximum absolute atomic E-state index is 12.4. The predicted octanol–water partition coefficient (Wildman–Crippen LogP) is 3.45. The molecule has 1 aromatic carbocycles. The number of carbonyl (C=O) groups excluding carboxylic acids is 1. The van der Waals surface area contributed by atoms with Gasteiger partial charge in [-0.25, -0.2) is 4.98 Å². The molecule has 0 N–H and O–H groups in total. The Labute approximate surface area is 147 Å². The fourth-order valence-corrected chi connectivity index (χ4v) is 4.50. The van der Waals surface area contributed by atoms with Gasteiger partial charge in [-0.15, -0.1) is 11.8 Å². The molecule has 1 unspecified atom stereocenters. The van der Waals surface area contributed by atoms with Crippen LogP contribution in [-0.2, 0) is 13.5 Å².